The first kappa shape index (κ1) is 23.9. The van der Waals surface area contributed by atoms with Crippen LogP contribution in [0.5, 0.6) is 17.2 Å². The molecular weight excluding hydrogens is 478 g/mol. The summed E-state index contributed by atoms with van der Waals surface area (Å²) in [4.78, 5) is 37.0. The Balaban J connectivity index is 1.27. The van der Waals surface area contributed by atoms with Gasteiger partial charge in [-0.3, -0.25) is 9.59 Å². The van der Waals surface area contributed by atoms with Gasteiger partial charge in [-0.15, -0.1) is 0 Å². The van der Waals surface area contributed by atoms with Crippen LogP contribution in [0.4, 0.5) is 0 Å². The van der Waals surface area contributed by atoms with E-state index in [2.05, 4.69) is 5.32 Å². The van der Waals surface area contributed by atoms with E-state index in [0.717, 1.165) is 5.56 Å². The number of carbonyl (C=O) groups is 2. The topological polar surface area (TPSA) is 124 Å². The number of rotatable bonds is 8. The zero-order valence-electron chi connectivity index (χ0n) is 19.6. The van der Waals surface area contributed by atoms with E-state index in [0.29, 0.717) is 47.0 Å². The maximum atomic E-state index is 13.1. The van der Waals surface area contributed by atoms with Crippen LogP contribution in [-0.4, -0.2) is 42.8 Å². The third-order valence-electron chi connectivity index (χ3n) is 5.89. The van der Waals surface area contributed by atoms with Crippen molar-refractivity contribution in [1.29, 1.82) is 0 Å². The van der Waals surface area contributed by atoms with Crippen LogP contribution in [0.1, 0.15) is 5.56 Å². The van der Waals surface area contributed by atoms with Crippen molar-refractivity contribution in [3.63, 3.8) is 0 Å². The van der Waals surface area contributed by atoms with Crippen molar-refractivity contribution in [2.75, 3.05) is 19.8 Å². The van der Waals surface area contributed by atoms with E-state index < -0.39 is 24.5 Å². The van der Waals surface area contributed by atoms with Crippen LogP contribution >= 0.6 is 0 Å². The molecule has 1 aromatic heterocycles. The number of carboxylic acid groups (broad SMARTS) is 1. The van der Waals surface area contributed by atoms with E-state index in [-0.39, 0.29) is 17.4 Å². The molecule has 2 heterocycles. The molecule has 4 aromatic rings. The molecule has 1 amide bonds. The molecule has 0 spiro atoms. The maximum absolute atomic E-state index is 13.1. The molecule has 5 rings (SSSR count). The maximum Gasteiger partial charge on any atom is 0.326 e. The van der Waals surface area contributed by atoms with E-state index >= 15 is 0 Å². The SMILES string of the molecule is O=C(COc1ccc2c(=O)c(-c3ccc4c(c3)OCCO4)coc2c1)N[C@H](Cc1ccccc1)C(=O)O. The second kappa shape index (κ2) is 10.4. The molecular formula is C28H23NO8. The Bertz CT molecular complexity index is 1510. The van der Waals surface area contributed by atoms with E-state index in [1.165, 1.54) is 12.3 Å². The molecule has 1 aliphatic rings. The van der Waals surface area contributed by atoms with Gasteiger partial charge in [0.25, 0.3) is 5.91 Å². The minimum atomic E-state index is -1.14. The van der Waals surface area contributed by atoms with Crippen LogP contribution in [0.2, 0.25) is 0 Å². The number of amides is 1. The summed E-state index contributed by atoms with van der Waals surface area (Å²) < 4.78 is 22.4. The summed E-state index contributed by atoms with van der Waals surface area (Å²) in [5.41, 5.74) is 1.86. The minimum Gasteiger partial charge on any atom is -0.486 e. The van der Waals surface area contributed by atoms with Gasteiger partial charge < -0.3 is 29.1 Å². The highest BCUT2D eigenvalue weighted by Crippen LogP contribution is 2.34. The van der Waals surface area contributed by atoms with E-state index in [1.807, 2.05) is 6.07 Å². The highest BCUT2D eigenvalue weighted by atomic mass is 16.6. The number of carbonyl (C=O) groups excluding carboxylic acids is 1. The number of ether oxygens (including phenoxy) is 3. The molecule has 2 N–H and O–H groups in total. The lowest BCUT2D eigenvalue weighted by Gasteiger charge is -2.18. The number of hydrogen-bond donors (Lipinski definition) is 2. The molecule has 0 radical (unpaired) electrons. The quantitative estimate of drug-likeness (QED) is 0.376. The largest absolute Gasteiger partial charge is 0.486 e. The van der Waals surface area contributed by atoms with Crippen molar-refractivity contribution in [2.45, 2.75) is 12.5 Å². The monoisotopic (exact) mass is 501 g/mol. The number of aliphatic carboxylic acids is 1. The van der Waals surface area contributed by atoms with Gasteiger partial charge in [0.2, 0.25) is 0 Å². The van der Waals surface area contributed by atoms with Crippen molar-refractivity contribution in [1.82, 2.24) is 5.32 Å². The third-order valence-corrected chi connectivity index (χ3v) is 5.89. The average Bonchev–Trinajstić information content (AvgIpc) is 2.92. The second-order valence-electron chi connectivity index (χ2n) is 8.43. The van der Waals surface area contributed by atoms with Crippen LogP contribution < -0.4 is 25.0 Å². The highest BCUT2D eigenvalue weighted by Gasteiger charge is 2.21. The zero-order chi connectivity index (χ0) is 25.8. The number of benzene rings is 3. The summed E-state index contributed by atoms with van der Waals surface area (Å²) in [6, 6.07) is 17.8. The first-order valence-corrected chi connectivity index (χ1v) is 11.6. The average molecular weight is 501 g/mol. The number of fused-ring (bicyclic) bond motifs is 2. The van der Waals surface area contributed by atoms with Gasteiger partial charge in [-0.2, -0.15) is 0 Å². The van der Waals surface area contributed by atoms with Crippen molar-refractivity contribution in [3.05, 3.63) is 88.8 Å². The lowest BCUT2D eigenvalue weighted by Crippen LogP contribution is -2.44. The van der Waals surface area contributed by atoms with Gasteiger partial charge in [0.1, 0.15) is 36.9 Å². The Morgan fingerprint density at radius 1 is 0.973 bits per heavy atom. The van der Waals surface area contributed by atoms with E-state index in [1.54, 1.807) is 54.6 Å². The summed E-state index contributed by atoms with van der Waals surface area (Å²) in [5.74, 6) is -0.231. The molecule has 0 saturated heterocycles. The van der Waals surface area contributed by atoms with Crippen LogP contribution in [0, 0.1) is 0 Å². The van der Waals surface area contributed by atoms with Gasteiger partial charge in [0.15, 0.2) is 23.5 Å². The highest BCUT2D eigenvalue weighted by molar-refractivity contribution is 5.85. The Labute approximate surface area is 211 Å². The zero-order valence-corrected chi connectivity index (χ0v) is 19.6. The lowest BCUT2D eigenvalue weighted by atomic mass is 10.0. The number of carboxylic acids is 1. The van der Waals surface area contributed by atoms with Crippen molar-refractivity contribution in [3.8, 4) is 28.4 Å². The van der Waals surface area contributed by atoms with Gasteiger partial charge in [-0.1, -0.05) is 36.4 Å². The third kappa shape index (κ3) is 5.40. The summed E-state index contributed by atoms with van der Waals surface area (Å²) in [6.07, 6.45) is 1.52. The molecule has 9 heteroatoms. The molecule has 1 aliphatic heterocycles. The molecule has 37 heavy (non-hydrogen) atoms. The van der Waals surface area contributed by atoms with E-state index in [9.17, 15) is 19.5 Å². The molecule has 188 valence electrons. The summed E-state index contributed by atoms with van der Waals surface area (Å²) in [6.45, 7) is 0.515. The van der Waals surface area contributed by atoms with Crippen LogP contribution in [0.25, 0.3) is 22.1 Å². The molecule has 3 aromatic carbocycles. The molecule has 9 nitrogen and oxygen atoms in total. The van der Waals surface area contributed by atoms with Crippen molar-refractivity contribution in [2.24, 2.45) is 0 Å². The van der Waals surface area contributed by atoms with Gasteiger partial charge >= 0.3 is 5.97 Å². The Morgan fingerprint density at radius 3 is 2.54 bits per heavy atom. The first-order chi connectivity index (χ1) is 18.0. The first-order valence-electron chi connectivity index (χ1n) is 11.6. The van der Waals surface area contributed by atoms with Gasteiger partial charge in [0, 0.05) is 12.5 Å². The summed E-state index contributed by atoms with van der Waals surface area (Å²) in [7, 11) is 0. The summed E-state index contributed by atoms with van der Waals surface area (Å²) in [5, 5.41) is 12.3. The molecule has 0 aliphatic carbocycles. The molecule has 0 saturated carbocycles. The predicted octanol–water partition coefficient (Wildman–Crippen LogP) is 3.42. The predicted molar refractivity (Wildman–Crippen MR) is 134 cm³/mol. The molecule has 0 bridgehead atoms. The molecule has 0 unspecified atom stereocenters. The second-order valence-corrected chi connectivity index (χ2v) is 8.43. The van der Waals surface area contributed by atoms with Crippen LogP contribution in [0.3, 0.4) is 0 Å². The molecule has 1 atom stereocenters. The fraction of sp³-hybridized carbons (Fsp3) is 0.179. The molecule has 0 fully saturated rings. The van der Waals surface area contributed by atoms with Gasteiger partial charge in [-0.25, -0.2) is 4.79 Å². The Morgan fingerprint density at radius 2 is 1.76 bits per heavy atom. The van der Waals surface area contributed by atoms with E-state index in [4.69, 9.17) is 18.6 Å². The van der Waals surface area contributed by atoms with Crippen molar-refractivity contribution < 1.29 is 33.3 Å². The Kier molecular flexibility index (Phi) is 6.76. The van der Waals surface area contributed by atoms with Crippen molar-refractivity contribution >= 4 is 22.8 Å². The normalized spacial score (nSPS) is 13.1. The summed E-state index contributed by atoms with van der Waals surface area (Å²) >= 11 is 0. The fourth-order valence-corrected chi connectivity index (χ4v) is 4.04. The Hall–Kier alpha value is -4.79. The van der Waals surface area contributed by atoms with Gasteiger partial charge in [-0.05, 0) is 35.4 Å². The lowest BCUT2D eigenvalue weighted by molar-refractivity contribution is -0.142. The number of hydrogen-bond acceptors (Lipinski definition) is 7. The standard InChI is InChI=1S/C28H23NO8/c30-26(29-22(28(32)33)12-17-4-2-1-3-5-17)16-36-19-7-8-20-24(14-19)37-15-21(27(20)31)18-6-9-23-25(13-18)35-11-10-34-23/h1-9,13-15,22H,10-12,16H2,(H,29,30)(H,32,33)/t22-/m1/s1. The van der Waals surface area contributed by atoms with Crippen LogP contribution in [-0.2, 0) is 16.0 Å². The fourth-order valence-electron chi connectivity index (χ4n) is 4.04. The van der Waals surface area contributed by atoms with Crippen LogP contribution in [0.15, 0.2) is 82.2 Å². The smallest absolute Gasteiger partial charge is 0.326 e. The number of nitrogens with one attached hydrogen (secondary N) is 1. The van der Waals surface area contributed by atoms with Gasteiger partial charge in [0.05, 0.1) is 10.9 Å². The minimum absolute atomic E-state index is 0.148.